The molecule has 0 aromatic carbocycles. The summed E-state index contributed by atoms with van der Waals surface area (Å²) in [6.07, 6.45) is 3.72. The Morgan fingerprint density at radius 3 is 2.30 bits per heavy atom. The van der Waals surface area contributed by atoms with Crippen molar-refractivity contribution < 1.29 is 4.79 Å². The first-order valence-corrected chi connectivity index (χ1v) is 2.96. The summed E-state index contributed by atoms with van der Waals surface area (Å²) in [4.78, 5) is 9.95. The van der Waals surface area contributed by atoms with Crippen molar-refractivity contribution in [2.45, 2.75) is 12.1 Å². The standard InChI is InChI=1S/C7H12N2O/c1-3-6(8)7(4-2)9-5-10/h3-7H,1-2,8H2,(H,9,10). The van der Waals surface area contributed by atoms with Crippen molar-refractivity contribution in [3.8, 4) is 0 Å². The molecule has 2 unspecified atom stereocenters. The van der Waals surface area contributed by atoms with E-state index in [0.717, 1.165) is 0 Å². The highest BCUT2D eigenvalue weighted by Gasteiger charge is 2.07. The van der Waals surface area contributed by atoms with Gasteiger partial charge in [-0.3, -0.25) is 4.79 Å². The second-order valence-electron chi connectivity index (χ2n) is 1.86. The van der Waals surface area contributed by atoms with Gasteiger partial charge in [-0.05, 0) is 0 Å². The lowest BCUT2D eigenvalue weighted by molar-refractivity contribution is -0.109. The molecule has 0 fully saturated rings. The van der Waals surface area contributed by atoms with Gasteiger partial charge in [0.05, 0.1) is 6.04 Å². The lowest BCUT2D eigenvalue weighted by Gasteiger charge is -2.15. The van der Waals surface area contributed by atoms with Crippen LogP contribution >= 0.6 is 0 Å². The Labute approximate surface area is 60.6 Å². The van der Waals surface area contributed by atoms with E-state index in [1.807, 2.05) is 0 Å². The van der Waals surface area contributed by atoms with Gasteiger partial charge in [0.25, 0.3) is 0 Å². The smallest absolute Gasteiger partial charge is 0.207 e. The highest BCUT2D eigenvalue weighted by molar-refractivity contribution is 5.47. The lowest BCUT2D eigenvalue weighted by atomic mass is 10.1. The zero-order chi connectivity index (χ0) is 7.98. The van der Waals surface area contributed by atoms with Crippen LogP contribution in [0, 0.1) is 0 Å². The quantitative estimate of drug-likeness (QED) is 0.410. The van der Waals surface area contributed by atoms with E-state index in [2.05, 4.69) is 18.5 Å². The molecule has 0 radical (unpaired) electrons. The van der Waals surface area contributed by atoms with Crippen molar-refractivity contribution in [2.24, 2.45) is 5.73 Å². The van der Waals surface area contributed by atoms with Crippen molar-refractivity contribution in [2.75, 3.05) is 0 Å². The molecule has 3 heteroatoms. The van der Waals surface area contributed by atoms with E-state index in [0.29, 0.717) is 6.41 Å². The van der Waals surface area contributed by atoms with E-state index in [4.69, 9.17) is 5.73 Å². The van der Waals surface area contributed by atoms with Crippen molar-refractivity contribution in [3.63, 3.8) is 0 Å². The molecule has 0 aliphatic heterocycles. The molecule has 0 saturated carbocycles. The zero-order valence-corrected chi connectivity index (χ0v) is 5.79. The maximum Gasteiger partial charge on any atom is 0.207 e. The Kier molecular flexibility index (Phi) is 4.24. The number of carbonyl (C=O) groups excluding carboxylic acids is 1. The predicted octanol–water partition coefficient (Wildman–Crippen LogP) is -0.200. The summed E-state index contributed by atoms with van der Waals surface area (Å²) in [6, 6.07) is -0.474. The molecule has 2 atom stereocenters. The molecule has 0 bridgehead atoms. The Bertz CT molecular complexity index is 134. The lowest BCUT2D eigenvalue weighted by Crippen LogP contribution is -2.41. The van der Waals surface area contributed by atoms with Gasteiger partial charge in [0.2, 0.25) is 6.41 Å². The first-order valence-electron chi connectivity index (χ1n) is 2.96. The molecular formula is C7H12N2O. The van der Waals surface area contributed by atoms with Crippen LogP contribution in [0.15, 0.2) is 25.3 Å². The fourth-order valence-electron chi connectivity index (χ4n) is 0.561. The Morgan fingerprint density at radius 2 is 2.00 bits per heavy atom. The third-order valence-corrected chi connectivity index (χ3v) is 1.20. The molecule has 0 aliphatic rings. The maximum atomic E-state index is 9.95. The zero-order valence-electron chi connectivity index (χ0n) is 5.79. The number of hydrogen-bond donors (Lipinski definition) is 2. The summed E-state index contributed by atoms with van der Waals surface area (Å²) in [5.74, 6) is 0. The van der Waals surface area contributed by atoms with Crippen molar-refractivity contribution in [3.05, 3.63) is 25.3 Å². The van der Waals surface area contributed by atoms with Gasteiger partial charge in [0, 0.05) is 6.04 Å². The normalized spacial score (nSPS) is 14.9. The van der Waals surface area contributed by atoms with Crippen LogP contribution in [0.4, 0.5) is 0 Å². The molecule has 0 aromatic rings. The fourth-order valence-corrected chi connectivity index (χ4v) is 0.561. The van der Waals surface area contributed by atoms with Crippen LogP contribution in [0.1, 0.15) is 0 Å². The average Bonchev–Trinajstić information content (AvgIpc) is 1.99. The van der Waals surface area contributed by atoms with E-state index in [-0.39, 0.29) is 12.1 Å². The topological polar surface area (TPSA) is 55.1 Å². The summed E-state index contributed by atoms with van der Waals surface area (Å²) in [5.41, 5.74) is 5.50. The molecule has 1 amide bonds. The molecular weight excluding hydrogens is 128 g/mol. The van der Waals surface area contributed by atoms with E-state index in [1.54, 1.807) is 12.2 Å². The first-order chi connectivity index (χ1) is 4.76. The van der Waals surface area contributed by atoms with Crippen LogP contribution in [0.3, 0.4) is 0 Å². The van der Waals surface area contributed by atoms with Crippen LogP contribution < -0.4 is 11.1 Å². The third-order valence-electron chi connectivity index (χ3n) is 1.20. The van der Waals surface area contributed by atoms with Gasteiger partial charge in [0.15, 0.2) is 0 Å². The average molecular weight is 140 g/mol. The molecule has 0 heterocycles. The number of nitrogens with one attached hydrogen (secondary N) is 1. The van der Waals surface area contributed by atoms with E-state index in [1.165, 1.54) is 0 Å². The minimum absolute atomic E-state index is 0.213. The van der Waals surface area contributed by atoms with Gasteiger partial charge in [-0.25, -0.2) is 0 Å². The summed E-state index contributed by atoms with van der Waals surface area (Å²) in [6.45, 7) is 6.98. The molecule has 0 spiro atoms. The summed E-state index contributed by atoms with van der Waals surface area (Å²) < 4.78 is 0. The van der Waals surface area contributed by atoms with Crippen LogP contribution in [0.5, 0.6) is 0 Å². The maximum absolute atomic E-state index is 9.95. The number of carbonyl (C=O) groups is 1. The van der Waals surface area contributed by atoms with Crippen LogP contribution in [-0.4, -0.2) is 18.5 Å². The largest absolute Gasteiger partial charge is 0.351 e. The van der Waals surface area contributed by atoms with Crippen molar-refractivity contribution in [1.29, 1.82) is 0 Å². The molecule has 3 nitrogen and oxygen atoms in total. The summed E-state index contributed by atoms with van der Waals surface area (Å²) in [7, 11) is 0. The molecule has 0 aromatic heterocycles. The number of hydrogen-bond acceptors (Lipinski definition) is 2. The second-order valence-corrected chi connectivity index (χ2v) is 1.86. The monoisotopic (exact) mass is 140 g/mol. The highest BCUT2D eigenvalue weighted by Crippen LogP contribution is 1.90. The first kappa shape index (κ1) is 8.91. The Morgan fingerprint density at radius 1 is 1.40 bits per heavy atom. The van der Waals surface area contributed by atoms with Crippen molar-refractivity contribution in [1.82, 2.24) is 5.32 Å². The van der Waals surface area contributed by atoms with Gasteiger partial charge in [-0.2, -0.15) is 0 Å². The van der Waals surface area contributed by atoms with Gasteiger partial charge in [-0.15, -0.1) is 13.2 Å². The van der Waals surface area contributed by atoms with Gasteiger partial charge in [-0.1, -0.05) is 12.2 Å². The van der Waals surface area contributed by atoms with Crippen LogP contribution in [-0.2, 0) is 4.79 Å². The highest BCUT2D eigenvalue weighted by atomic mass is 16.1. The van der Waals surface area contributed by atoms with E-state index in [9.17, 15) is 4.79 Å². The van der Waals surface area contributed by atoms with Crippen LogP contribution in [0.25, 0.3) is 0 Å². The second kappa shape index (κ2) is 4.76. The minimum atomic E-state index is -0.261. The molecule has 10 heavy (non-hydrogen) atoms. The third kappa shape index (κ3) is 2.46. The molecule has 0 rings (SSSR count). The van der Waals surface area contributed by atoms with E-state index < -0.39 is 0 Å². The SMILES string of the molecule is C=CC(N)C(C=C)NC=O. The minimum Gasteiger partial charge on any atom is -0.351 e. The van der Waals surface area contributed by atoms with E-state index >= 15 is 0 Å². The van der Waals surface area contributed by atoms with Gasteiger partial charge < -0.3 is 11.1 Å². The van der Waals surface area contributed by atoms with Gasteiger partial charge in [0.1, 0.15) is 0 Å². The Hall–Kier alpha value is -1.09. The van der Waals surface area contributed by atoms with Crippen LogP contribution in [0.2, 0.25) is 0 Å². The number of rotatable bonds is 5. The predicted molar refractivity (Wildman–Crippen MR) is 41.4 cm³/mol. The number of nitrogens with two attached hydrogens (primary N) is 1. The molecule has 0 aliphatic carbocycles. The summed E-state index contributed by atoms with van der Waals surface area (Å²) >= 11 is 0. The molecule has 0 saturated heterocycles. The summed E-state index contributed by atoms with van der Waals surface area (Å²) in [5, 5.41) is 2.49. The van der Waals surface area contributed by atoms with Gasteiger partial charge >= 0.3 is 0 Å². The fraction of sp³-hybridized carbons (Fsp3) is 0.286. The molecule has 56 valence electrons. The van der Waals surface area contributed by atoms with Crippen molar-refractivity contribution >= 4 is 6.41 Å². The Balaban J connectivity index is 3.90. The number of amides is 1. The molecule has 3 N–H and O–H groups in total.